The van der Waals surface area contributed by atoms with Gasteiger partial charge in [0.2, 0.25) is 5.91 Å². The van der Waals surface area contributed by atoms with Gasteiger partial charge in [-0.25, -0.2) is 0 Å². The average Bonchev–Trinajstić information content (AvgIpc) is 2.33. The molecular weight excluding hydrogens is 202 g/mol. The Hall–Kier alpha value is -1.61. The first-order valence-electron chi connectivity index (χ1n) is 5.41. The summed E-state index contributed by atoms with van der Waals surface area (Å²) < 4.78 is 0. The van der Waals surface area contributed by atoms with Crippen LogP contribution in [0.5, 0.6) is 0 Å². The molecule has 16 heavy (non-hydrogen) atoms. The molecule has 3 rings (SSSR count). The fourth-order valence-electron chi connectivity index (χ4n) is 2.69. The highest BCUT2D eigenvalue weighted by Crippen LogP contribution is 2.42. The number of nitrogens with zero attached hydrogens (tertiary/aromatic N) is 1. The van der Waals surface area contributed by atoms with Crippen LogP contribution in [0.4, 0.5) is 0 Å². The van der Waals surface area contributed by atoms with E-state index in [0.717, 1.165) is 11.1 Å². The maximum absolute atomic E-state index is 12.0. The topological polar surface area (TPSA) is 40.5 Å². The van der Waals surface area contributed by atoms with Crippen LogP contribution in [0, 0.1) is 11.8 Å². The van der Waals surface area contributed by atoms with Gasteiger partial charge in [0.25, 0.3) is 0 Å². The van der Waals surface area contributed by atoms with Crippen LogP contribution in [-0.4, -0.2) is 29.2 Å². The van der Waals surface area contributed by atoms with E-state index in [4.69, 9.17) is 0 Å². The summed E-state index contributed by atoms with van der Waals surface area (Å²) in [6.45, 7) is 0. The summed E-state index contributed by atoms with van der Waals surface area (Å²) in [6, 6.07) is 0. The van der Waals surface area contributed by atoms with Crippen LogP contribution in [0.2, 0.25) is 0 Å². The monoisotopic (exact) mass is 215 g/mol. The normalized spacial score (nSPS) is 35.8. The van der Waals surface area contributed by atoms with Gasteiger partial charge in [-0.1, -0.05) is 36.5 Å². The quantitative estimate of drug-likeness (QED) is 0.655. The van der Waals surface area contributed by atoms with Crippen molar-refractivity contribution < 1.29 is 9.90 Å². The van der Waals surface area contributed by atoms with Crippen molar-refractivity contribution in [2.75, 3.05) is 7.05 Å². The number of carbonyl (C=O) groups is 1. The van der Waals surface area contributed by atoms with Crippen LogP contribution in [0.25, 0.3) is 0 Å². The molecule has 0 radical (unpaired) electrons. The molecule has 1 saturated heterocycles. The molecule has 2 aliphatic carbocycles. The number of allylic oxidation sites excluding steroid dienone is 6. The molecule has 1 N–H and O–H groups in total. The zero-order valence-electron chi connectivity index (χ0n) is 9.00. The van der Waals surface area contributed by atoms with Crippen LogP contribution >= 0.6 is 0 Å². The number of likely N-dealkylation sites (N-methyl/N-ethyl adjacent to an activating group) is 1. The Morgan fingerprint density at radius 3 is 2.94 bits per heavy atom. The van der Waals surface area contributed by atoms with Crippen molar-refractivity contribution in [2.24, 2.45) is 11.8 Å². The lowest BCUT2D eigenvalue weighted by Gasteiger charge is -2.43. The molecule has 0 spiro atoms. The summed E-state index contributed by atoms with van der Waals surface area (Å²) >= 11 is 0. The summed E-state index contributed by atoms with van der Waals surface area (Å²) in [6.07, 6.45) is 10.9. The van der Waals surface area contributed by atoms with Crippen molar-refractivity contribution in [1.82, 2.24) is 4.90 Å². The molecule has 3 nitrogen and oxygen atoms in total. The molecule has 1 heterocycles. The summed E-state index contributed by atoms with van der Waals surface area (Å²) in [7, 11) is 1.65. The van der Waals surface area contributed by atoms with Crippen molar-refractivity contribution >= 4 is 5.91 Å². The third kappa shape index (κ3) is 1.09. The number of likely N-dealkylation sites (tertiary alicyclic amines) is 1. The number of hydrogen-bond acceptors (Lipinski definition) is 2. The highest BCUT2D eigenvalue weighted by atomic mass is 16.3. The van der Waals surface area contributed by atoms with Crippen LogP contribution in [-0.2, 0) is 4.79 Å². The number of hydrogen-bond donors (Lipinski definition) is 1. The smallest absolute Gasteiger partial charge is 0.232 e. The lowest BCUT2D eigenvalue weighted by Crippen LogP contribution is -2.51. The van der Waals surface area contributed by atoms with Crippen LogP contribution in [0.1, 0.15) is 0 Å². The zero-order valence-corrected chi connectivity index (χ0v) is 9.00. The summed E-state index contributed by atoms with van der Waals surface area (Å²) in [5.74, 6) is -0.120. The SMILES string of the molecule is CN1C(=O)C2C=CC=C3C=CC=C(C32)C1O. The molecule has 82 valence electrons. The third-order valence-corrected chi connectivity index (χ3v) is 3.56. The Labute approximate surface area is 94.1 Å². The minimum atomic E-state index is -0.784. The molecule has 1 fully saturated rings. The van der Waals surface area contributed by atoms with E-state index in [1.165, 1.54) is 4.90 Å². The van der Waals surface area contributed by atoms with E-state index in [-0.39, 0.29) is 17.7 Å². The maximum Gasteiger partial charge on any atom is 0.232 e. The minimum Gasteiger partial charge on any atom is -0.369 e. The van der Waals surface area contributed by atoms with Gasteiger partial charge in [-0.2, -0.15) is 0 Å². The average molecular weight is 215 g/mol. The number of piperidine rings is 1. The highest BCUT2D eigenvalue weighted by molar-refractivity contribution is 5.85. The van der Waals surface area contributed by atoms with E-state index in [1.54, 1.807) is 7.05 Å². The second kappa shape index (κ2) is 3.19. The molecular formula is C13H13NO2. The fraction of sp³-hybridized carbons (Fsp3) is 0.308. The Morgan fingerprint density at radius 2 is 2.12 bits per heavy atom. The molecule has 3 aliphatic rings. The number of rotatable bonds is 0. The Balaban J connectivity index is 2.14. The lowest BCUT2D eigenvalue weighted by molar-refractivity contribution is -0.144. The van der Waals surface area contributed by atoms with Crippen molar-refractivity contribution in [3.8, 4) is 0 Å². The Bertz CT molecular complexity index is 470. The van der Waals surface area contributed by atoms with Gasteiger partial charge in [-0.15, -0.1) is 0 Å². The standard InChI is InChI=1S/C13H13NO2/c1-14-12(15)9-6-2-4-8-5-3-7-10(11(8)9)13(14)16/h2-7,9,11,13,16H,1H3. The second-order valence-electron chi connectivity index (χ2n) is 4.40. The number of aliphatic hydroxyl groups is 1. The first-order valence-corrected chi connectivity index (χ1v) is 5.41. The van der Waals surface area contributed by atoms with Crippen molar-refractivity contribution in [1.29, 1.82) is 0 Å². The van der Waals surface area contributed by atoms with E-state index >= 15 is 0 Å². The van der Waals surface area contributed by atoms with E-state index < -0.39 is 6.23 Å². The van der Waals surface area contributed by atoms with Crippen molar-refractivity contribution in [3.63, 3.8) is 0 Å². The van der Waals surface area contributed by atoms with Crippen LogP contribution in [0.15, 0.2) is 47.6 Å². The molecule has 1 aliphatic heterocycles. The largest absolute Gasteiger partial charge is 0.369 e. The summed E-state index contributed by atoms with van der Waals surface area (Å²) in [4.78, 5) is 13.5. The van der Waals surface area contributed by atoms with E-state index in [2.05, 4.69) is 0 Å². The van der Waals surface area contributed by atoms with E-state index in [1.807, 2.05) is 36.5 Å². The van der Waals surface area contributed by atoms with E-state index in [9.17, 15) is 9.90 Å². The van der Waals surface area contributed by atoms with Gasteiger partial charge >= 0.3 is 0 Å². The molecule has 0 aromatic carbocycles. The number of amides is 1. The molecule has 3 atom stereocenters. The predicted octanol–water partition coefficient (Wildman–Crippen LogP) is 1.00. The van der Waals surface area contributed by atoms with Gasteiger partial charge in [0.1, 0.15) is 0 Å². The molecule has 0 aromatic rings. The van der Waals surface area contributed by atoms with E-state index in [0.29, 0.717) is 0 Å². The number of aliphatic hydroxyl groups excluding tert-OH is 1. The van der Waals surface area contributed by atoms with Crippen molar-refractivity contribution in [2.45, 2.75) is 6.23 Å². The van der Waals surface area contributed by atoms with Crippen molar-refractivity contribution in [3.05, 3.63) is 47.6 Å². The Morgan fingerprint density at radius 1 is 1.31 bits per heavy atom. The molecule has 0 saturated carbocycles. The van der Waals surface area contributed by atoms with Crippen LogP contribution < -0.4 is 0 Å². The third-order valence-electron chi connectivity index (χ3n) is 3.56. The molecule has 3 unspecified atom stereocenters. The lowest BCUT2D eigenvalue weighted by atomic mass is 9.71. The maximum atomic E-state index is 12.0. The van der Waals surface area contributed by atoms with Gasteiger partial charge < -0.3 is 10.0 Å². The zero-order chi connectivity index (χ0) is 11.3. The van der Waals surface area contributed by atoms with Gasteiger partial charge in [0, 0.05) is 13.0 Å². The predicted molar refractivity (Wildman–Crippen MR) is 60.2 cm³/mol. The first-order chi connectivity index (χ1) is 7.70. The first kappa shape index (κ1) is 9.60. The number of carbonyl (C=O) groups excluding carboxylic acids is 1. The molecule has 3 heteroatoms. The van der Waals surface area contributed by atoms with Crippen LogP contribution in [0.3, 0.4) is 0 Å². The fourth-order valence-corrected chi connectivity index (χ4v) is 2.69. The van der Waals surface area contributed by atoms with Gasteiger partial charge in [0.15, 0.2) is 6.23 Å². The Kier molecular flexibility index (Phi) is 1.91. The minimum absolute atomic E-state index is 0.00759. The van der Waals surface area contributed by atoms with Gasteiger partial charge in [0.05, 0.1) is 5.92 Å². The molecule has 1 amide bonds. The molecule has 0 bridgehead atoms. The van der Waals surface area contributed by atoms with Gasteiger partial charge in [-0.3, -0.25) is 4.79 Å². The highest BCUT2D eigenvalue weighted by Gasteiger charge is 2.44. The molecule has 0 aromatic heterocycles. The van der Waals surface area contributed by atoms with Gasteiger partial charge in [-0.05, 0) is 11.1 Å². The summed E-state index contributed by atoms with van der Waals surface area (Å²) in [5.41, 5.74) is 2.04. The second-order valence-corrected chi connectivity index (χ2v) is 4.40. The summed E-state index contributed by atoms with van der Waals surface area (Å²) in [5, 5.41) is 10.1.